The van der Waals surface area contributed by atoms with Crippen LogP contribution in [-0.2, 0) is 11.2 Å². The summed E-state index contributed by atoms with van der Waals surface area (Å²) < 4.78 is 7.31. The van der Waals surface area contributed by atoms with Gasteiger partial charge in [0.25, 0.3) is 5.91 Å². The van der Waals surface area contributed by atoms with Crippen molar-refractivity contribution in [2.45, 2.75) is 38.4 Å². The molecule has 0 bridgehead atoms. The smallest absolute Gasteiger partial charge is 0.254 e. The summed E-state index contributed by atoms with van der Waals surface area (Å²) in [5, 5.41) is 9.60. The maximum Gasteiger partial charge on any atom is 0.254 e. The molecule has 5 rings (SSSR count). The standard InChI is InChI=1S/C32H35N5O3S/c1-5-24-8-12-26(13-9-24)31(39)36-19-18-35(20-23(36)3)29(38)21-41-32-34-33-30(25-10-6-22(2)7-11-25)37(32)27-14-16-28(40-4)17-15-27/h6-17,23H,5,18-21H2,1-4H3. The van der Waals surface area contributed by atoms with E-state index < -0.39 is 0 Å². The molecule has 1 atom stereocenters. The average Bonchev–Trinajstić information content (AvgIpc) is 3.43. The molecular formula is C32H35N5O3S. The summed E-state index contributed by atoms with van der Waals surface area (Å²) in [5.74, 6) is 1.72. The monoisotopic (exact) mass is 569 g/mol. The van der Waals surface area contributed by atoms with Gasteiger partial charge in [-0.2, -0.15) is 0 Å². The highest BCUT2D eigenvalue weighted by molar-refractivity contribution is 7.99. The molecule has 9 heteroatoms. The van der Waals surface area contributed by atoms with Crippen molar-refractivity contribution >= 4 is 23.6 Å². The van der Waals surface area contributed by atoms with Crippen LogP contribution in [0.4, 0.5) is 0 Å². The molecule has 0 radical (unpaired) electrons. The van der Waals surface area contributed by atoms with Gasteiger partial charge in [0, 0.05) is 42.5 Å². The highest BCUT2D eigenvalue weighted by atomic mass is 32.2. The van der Waals surface area contributed by atoms with Gasteiger partial charge < -0.3 is 14.5 Å². The molecule has 1 fully saturated rings. The lowest BCUT2D eigenvalue weighted by molar-refractivity contribution is -0.130. The topological polar surface area (TPSA) is 80.6 Å². The third kappa shape index (κ3) is 6.30. The van der Waals surface area contributed by atoms with Crippen molar-refractivity contribution < 1.29 is 14.3 Å². The van der Waals surface area contributed by atoms with Crippen molar-refractivity contribution in [2.24, 2.45) is 0 Å². The van der Waals surface area contributed by atoms with E-state index in [1.165, 1.54) is 17.3 Å². The average molecular weight is 570 g/mol. The van der Waals surface area contributed by atoms with Gasteiger partial charge in [0.1, 0.15) is 5.75 Å². The van der Waals surface area contributed by atoms with E-state index in [0.29, 0.717) is 36.2 Å². The summed E-state index contributed by atoms with van der Waals surface area (Å²) in [4.78, 5) is 30.2. The fraction of sp³-hybridized carbons (Fsp3) is 0.312. The zero-order valence-electron chi connectivity index (χ0n) is 23.9. The fourth-order valence-electron chi connectivity index (χ4n) is 4.97. The Morgan fingerprint density at radius 2 is 1.66 bits per heavy atom. The molecule has 2 heterocycles. The first-order valence-electron chi connectivity index (χ1n) is 13.8. The number of hydrogen-bond donors (Lipinski definition) is 0. The number of nitrogens with zero attached hydrogens (tertiary/aromatic N) is 5. The van der Waals surface area contributed by atoms with E-state index in [9.17, 15) is 9.59 Å². The minimum Gasteiger partial charge on any atom is -0.497 e. The van der Waals surface area contributed by atoms with Crippen molar-refractivity contribution in [1.29, 1.82) is 0 Å². The Hall–Kier alpha value is -4.11. The molecule has 0 N–H and O–H groups in total. The molecule has 1 aliphatic rings. The first-order chi connectivity index (χ1) is 19.9. The number of thioether (sulfide) groups is 1. The van der Waals surface area contributed by atoms with Crippen molar-refractivity contribution in [3.8, 4) is 22.8 Å². The van der Waals surface area contributed by atoms with Gasteiger partial charge in [-0.1, -0.05) is 60.6 Å². The van der Waals surface area contributed by atoms with Gasteiger partial charge in [0.2, 0.25) is 5.91 Å². The first-order valence-corrected chi connectivity index (χ1v) is 14.8. The van der Waals surface area contributed by atoms with Crippen LogP contribution in [0.5, 0.6) is 5.75 Å². The molecule has 0 saturated carbocycles. The molecule has 4 aromatic rings. The predicted octanol–water partition coefficient (Wildman–Crippen LogP) is 5.28. The Kier molecular flexibility index (Phi) is 8.73. The number of benzene rings is 3. The summed E-state index contributed by atoms with van der Waals surface area (Å²) in [6.45, 7) is 7.65. The fourth-order valence-corrected chi connectivity index (χ4v) is 5.82. The largest absolute Gasteiger partial charge is 0.497 e. The second-order valence-corrected chi connectivity index (χ2v) is 11.2. The number of amides is 2. The third-order valence-corrected chi connectivity index (χ3v) is 8.36. The molecule has 1 saturated heterocycles. The summed E-state index contributed by atoms with van der Waals surface area (Å²) in [7, 11) is 1.64. The lowest BCUT2D eigenvalue weighted by Crippen LogP contribution is -2.55. The van der Waals surface area contributed by atoms with Gasteiger partial charge in [0.05, 0.1) is 12.9 Å². The number of piperazine rings is 1. The zero-order valence-corrected chi connectivity index (χ0v) is 24.7. The van der Waals surface area contributed by atoms with Gasteiger partial charge in [-0.15, -0.1) is 10.2 Å². The van der Waals surface area contributed by atoms with Crippen molar-refractivity contribution in [3.63, 3.8) is 0 Å². The van der Waals surface area contributed by atoms with E-state index in [1.807, 2.05) is 101 Å². The van der Waals surface area contributed by atoms with Gasteiger partial charge in [-0.05, 0) is 62.2 Å². The Labute approximate surface area is 245 Å². The molecule has 0 spiro atoms. The number of carbonyl (C=O) groups excluding carboxylic acids is 2. The Morgan fingerprint density at radius 3 is 2.29 bits per heavy atom. The van der Waals surface area contributed by atoms with Gasteiger partial charge in [-0.3, -0.25) is 14.2 Å². The highest BCUT2D eigenvalue weighted by Gasteiger charge is 2.30. The summed E-state index contributed by atoms with van der Waals surface area (Å²) in [6.07, 6.45) is 0.938. The molecule has 2 amide bonds. The van der Waals surface area contributed by atoms with E-state index in [4.69, 9.17) is 4.74 Å². The molecule has 8 nitrogen and oxygen atoms in total. The molecule has 3 aromatic carbocycles. The van der Waals surface area contributed by atoms with Gasteiger partial charge in [0.15, 0.2) is 11.0 Å². The SMILES string of the molecule is CCc1ccc(C(=O)N2CCN(C(=O)CSc3nnc(-c4ccc(C)cc4)n3-c3ccc(OC)cc3)CC2C)cc1. The Morgan fingerprint density at radius 1 is 0.951 bits per heavy atom. The minimum atomic E-state index is -0.0767. The quantitative estimate of drug-likeness (QED) is 0.269. The van der Waals surface area contributed by atoms with Crippen LogP contribution in [0.1, 0.15) is 35.3 Å². The second kappa shape index (κ2) is 12.6. The number of carbonyl (C=O) groups is 2. The third-order valence-electron chi connectivity index (χ3n) is 7.45. The Bertz CT molecular complexity index is 1500. The number of aryl methyl sites for hydroxylation is 2. The lowest BCUT2D eigenvalue weighted by Gasteiger charge is -2.40. The summed E-state index contributed by atoms with van der Waals surface area (Å²) in [6, 6.07) is 23.6. The van der Waals surface area contributed by atoms with Crippen LogP contribution < -0.4 is 4.74 Å². The van der Waals surface area contributed by atoms with E-state index in [1.54, 1.807) is 7.11 Å². The summed E-state index contributed by atoms with van der Waals surface area (Å²) >= 11 is 1.37. The maximum absolute atomic E-state index is 13.3. The molecule has 41 heavy (non-hydrogen) atoms. The number of methoxy groups -OCH3 is 1. The van der Waals surface area contributed by atoms with Gasteiger partial charge in [-0.25, -0.2) is 0 Å². The van der Waals surface area contributed by atoms with E-state index in [0.717, 1.165) is 29.0 Å². The predicted molar refractivity (Wildman–Crippen MR) is 162 cm³/mol. The normalized spacial score (nSPS) is 15.2. The number of ether oxygens (including phenoxy) is 1. The van der Waals surface area contributed by atoms with Crippen LogP contribution in [0.2, 0.25) is 0 Å². The molecule has 0 aliphatic carbocycles. The van der Waals surface area contributed by atoms with Crippen LogP contribution in [0.15, 0.2) is 78.0 Å². The van der Waals surface area contributed by atoms with Crippen LogP contribution >= 0.6 is 11.8 Å². The maximum atomic E-state index is 13.3. The Balaban J connectivity index is 1.28. The minimum absolute atomic E-state index is 0.0119. The van der Waals surface area contributed by atoms with Crippen LogP contribution in [-0.4, -0.2) is 74.9 Å². The molecule has 1 aliphatic heterocycles. The van der Waals surface area contributed by atoms with E-state index in [-0.39, 0.29) is 23.6 Å². The van der Waals surface area contributed by atoms with Crippen LogP contribution in [0.3, 0.4) is 0 Å². The van der Waals surface area contributed by atoms with Crippen LogP contribution in [0, 0.1) is 6.92 Å². The van der Waals surface area contributed by atoms with Crippen LogP contribution in [0.25, 0.3) is 17.1 Å². The number of aromatic nitrogens is 3. The zero-order chi connectivity index (χ0) is 28.9. The molecule has 1 aromatic heterocycles. The second-order valence-electron chi connectivity index (χ2n) is 10.2. The van der Waals surface area contributed by atoms with E-state index in [2.05, 4.69) is 17.1 Å². The van der Waals surface area contributed by atoms with E-state index >= 15 is 0 Å². The molecule has 1 unspecified atom stereocenters. The van der Waals surface area contributed by atoms with Crippen molar-refractivity contribution in [3.05, 3.63) is 89.5 Å². The first kappa shape index (κ1) is 28.4. The number of hydrogen-bond acceptors (Lipinski definition) is 6. The lowest BCUT2D eigenvalue weighted by atomic mass is 10.1. The summed E-state index contributed by atoms with van der Waals surface area (Å²) in [5.41, 5.74) is 4.88. The molecular weight excluding hydrogens is 534 g/mol. The van der Waals surface area contributed by atoms with Crippen molar-refractivity contribution in [2.75, 3.05) is 32.5 Å². The van der Waals surface area contributed by atoms with Gasteiger partial charge >= 0.3 is 0 Å². The number of rotatable bonds is 8. The highest BCUT2D eigenvalue weighted by Crippen LogP contribution is 2.29. The molecule has 212 valence electrons. The van der Waals surface area contributed by atoms with Crippen molar-refractivity contribution in [1.82, 2.24) is 24.6 Å².